The highest BCUT2D eigenvalue weighted by Gasteiger charge is 2.20. The van der Waals surface area contributed by atoms with E-state index in [0.29, 0.717) is 18.9 Å². The van der Waals surface area contributed by atoms with Crippen LogP contribution in [0.25, 0.3) is 0 Å². The summed E-state index contributed by atoms with van der Waals surface area (Å²) >= 11 is 0. The van der Waals surface area contributed by atoms with Crippen LogP contribution in [0.5, 0.6) is 0 Å². The Morgan fingerprint density at radius 3 is 2.43 bits per heavy atom. The van der Waals surface area contributed by atoms with Gasteiger partial charge in [-0.2, -0.15) is 0 Å². The normalized spacial score (nSPS) is 12.4. The van der Waals surface area contributed by atoms with E-state index in [0.717, 1.165) is 31.5 Å². The van der Waals surface area contributed by atoms with Crippen molar-refractivity contribution in [3.8, 4) is 0 Å². The van der Waals surface area contributed by atoms with Crippen LogP contribution >= 0.6 is 0 Å². The number of anilines is 1. The number of carbonyl (C=O) groups is 1. The molecule has 0 fully saturated rings. The lowest BCUT2D eigenvalue weighted by Gasteiger charge is -2.25. The molecule has 3 nitrogen and oxygen atoms in total. The van der Waals surface area contributed by atoms with E-state index in [2.05, 4.69) is 20.8 Å². The maximum Gasteiger partial charge on any atom is 0.227 e. The van der Waals surface area contributed by atoms with Crippen LogP contribution in [-0.2, 0) is 4.79 Å². The zero-order valence-corrected chi connectivity index (χ0v) is 13.7. The third-order valence-electron chi connectivity index (χ3n) is 3.71. The average Bonchev–Trinajstić information content (AvgIpc) is 2.47. The molecule has 1 rings (SSSR count). The molecule has 0 aliphatic heterocycles. The number of unbranched alkanes of at least 4 members (excludes halogenated alkanes) is 1. The summed E-state index contributed by atoms with van der Waals surface area (Å²) in [6.45, 7) is 7.88. The van der Waals surface area contributed by atoms with Gasteiger partial charge in [-0.05, 0) is 43.4 Å². The quantitative estimate of drug-likeness (QED) is 0.751. The Hall–Kier alpha value is -1.35. The van der Waals surface area contributed by atoms with Gasteiger partial charge in [-0.15, -0.1) is 0 Å². The van der Waals surface area contributed by atoms with Crippen LogP contribution in [-0.4, -0.2) is 19.0 Å². The molecule has 1 atom stereocenters. The van der Waals surface area contributed by atoms with Crippen molar-refractivity contribution in [2.45, 2.75) is 46.5 Å². The smallest absolute Gasteiger partial charge is 0.227 e. The van der Waals surface area contributed by atoms with Crippen molar-refractivity contribution in [2.75, 3.05) is 18.0 Å². The topological polar surface area (TPSA) is 46.3 Å². The number of nitrogens with two attached hydrogens (primary N) is 1. The maximum absolute atomic E-state index is 12.7. The molecule has 0 saturated carbocycles. The van der Waals surface area contributed by atoms with Crippen LogP contribution in [0.2, 0.25) is 0 Å². The van der Waals surface area contributed by atoms with Gasteiger partial charge in [0.2, 0.25) is 5.91 Å². The molecule has 0 aliphatic rings. The first-order chi connectivity index (χ1) is 10.1. The van der Waals surface area contributed by atoms with E-state index >= 15 is 0 Å². The minimum absolute atomic E-state index is 0.200. The molecule has 1 aromatic rings. The van der Waals surface area contributed by atoms with Crippen LogP contribution in [0, 0.1) is 11.8 Å². The first-order valence-corrected chi connectivity index (χ1v) is 8.13. The van der Waals surface area contributed by atoms with Crippen molar-refractivity contribution in [3.05, 3.63) is 30.3 Å². The summed E-state index contributed by atoms with van der Waals surface area (Å²) < 4.78 is 0. The largest absolute Gasteiger partial charge is 0.330 e. The predicted molar refractivity (Wildman–Crippen MR) is 90.3 cm³/mol. The molecule has 0 bridgehead atoms. The van der Waals surface area contributed by atoms with Crippen molar-refractivity contribution in [1.29, 1.82) is 0 Å². The van der Waals surface area contributed by atoms with Crippen molar-refractivity contribution in [1.82, 2.24) is 0 Å². The number of amides is 1. The molecule has 1 aromatic carbocycles. The average molecular weight is 290 g/mol. The number of hydrogen-bond acceptors (Lipinski definition) is 2. The lowest BCUT2D eigenvalue weighted by molar-refractivity contribution is -0.119. The summed E-state index contributed by atoms with van der Waals surface area (Å²) in [5, 5.41) is 0. The Morgan fingerprint density at radius 1 is 1.24 bits per heavy atom. The Kier molecular flexibility index (Phi) is 8.06. The van der Waals surface area contributed by atoms with Crippen LogP contribution < -0.4 is 10.6 Å². The molecule has 0 saturated heterocycles. The molecular weight excluding hydrogens is 260 g/mol. The lowest BCUT2D eigenvalue weighted by atomic mass is 9.93. The minimum Gasteiger partial charge on any atom is -0.330 e. The zero-order valence-electron chi connectivity index (χ0n) is 13.7. The third-order valence-corrected chi connectivity index (χ3v) is 3.71. The highest BCUT2D eigenvalue weighted by molar-refractivity contribution is 5.93. The fourth-order valence-electron chi connectivity index (χ4n) is 2.61. The van der Waals surface area contributed by atoms with E-state index in [9.17, 15) is 4.79 Å². The Morgan fingerprint density at radius 2 is 1.90 bits per heavy atom. The summed E-state index contributed by atoms with van der Waals surface area (Å²) in [4.78, 5) is 14.6. The third kappa shape index (κ3) is 6.30. The molecule has 0 aliphatic carbocycles. The molecule has 2 N–H and O–H groups in total. The van der Waals surface area contributed by atoms with Gasteiger partial charge in [0.05, 0.1) is 0 Å². The Bertz CT molecular complexity index is 403. The summed E-state index contributed by atoms with van der Waals surface area (Å²) in [5.74, 6) is 1.06. The van der Waals surface area contributed by atoms with Crippen molar-refractivity contribution < 1.29 is 4.79 Å². The second-order valence-corrected chi connectivity index (χ2v) is 6.17. The van der Waals surface area contributed by atoms with Gasteiger partial charge in [0.15, 0.2) is 0 Å². The first kappa shape index (κ1) is 17.7. The van der Waals surface area contributed by atoms with Crippen molar-refractivity contribution >= 4 is 11.6 Å². The molecule has 0 aromatic heterocycles. The highest BCUT2D eigenvalue weighted by Crippen LogP contribution is 2.20. The SMILES string of the molecule is CCCCN(C(=O)CC(CN)CC(C)C)c1ccccc1. The van der Waals surface area contributed by atoms with E-state index in [1.54, 1.807) is 0 Å². The van der Waals surface area contributed by atoms with E-state index in [4.69, 9.17) is 5.73 Å². The molecular formula is C18H30N2O. The van der Waals surface area contributed by atoms with Crippen LogP contribution in [0.1, 0.15) is 46.5 Å². The van der Waals surface area contributed by atoms with Gasteiger partial charge in [-0.25, -0.2) is 0 Å². The van der Waals surface area contributed by atoms with Gasteiger partial charge < -0.3 is 10.6 Å². The number of rotatable bonds is 9. The summed E-state index contributed by atoms with van der Waals surface area (Å²) in [5.41, 5.74) is 6.83. The first-order valence-electron chi connectivity index (χ1n) is 8.13. The van der Waals surface area contributed by atoms with Gasteiger partial charge in [-0.1, -0.05) is 45.4 Å². The summed E-state index contributed by atoms with van der Waals surface area (Å²) in [6.07, 6.45) is 3.67. The summed E-state index contributed by atoms with van der Waals surface area (Å²) in [6, 6.07) is 9.96. The van der Waals surface area contributed by atoms with Crippen molar-refractivity contribution in [3.63, 3.8) is 0 Å². The number of para-hydroxylation sites is 1. The monoisotopic (exact) mass is 290 g/mol. The van der Waals surface area contributed by atoms with E-state index in [-0.39, 0.29) is 11.8 Å². The molecule has 1 amide bonds. The van der Waals surface area contributed by atoms with Crippen LogP contribution in [0.4, 0.5) is 5.69 Å². The molecule has 0 heterocycles. The molecule has 1 unspecified atom stereocenters. The van der Waals surface area contributed by atoms with Crippen LogP contribution in [0.3, 0.4) is 0 Å². The minimum atomic E-state index is 0.200. The standard InChI is InChI=1S/C18H30N2O/c1-4-5-11-20(17-9-7-6-8-10-17)18(21)13-16(14-19)12-15(2)3/h6-10,15-16H,4-5,11-14,19H2,1-3H3. The predicted octanol–water partition coefficient (Wildman–Crippen LogP) is 3.83. The van der Waals surface area contributed by atoms with Crippen molar-refractivity contribution in [2.24, 2.45) is 17.6 Å². The lowest BCUT2D eigenvalue weighted by Crippen LogP contribution is -2.34. The number of nitrogens with zero attached hydrogens (tertiary/aromatic N) is 1. The number of benzene rings is 1. The second-order valence-electron chi connectivity index (χ2n) is 6.17. The van der Waals surface area contributed by atoms with Gasteiger partial charge in [0.1, 0.15) is 0 Å². The van der Waals surface area contributed by atoms with Gasteiger partial charge in [0.25, 0.3) is 0 Å². The number of carbonyl (C=O) groups excluding carboxylic acids is 1. The molecule has 0 spiro atoms. The fourth-order valence-corrected chi connectivity index (χ4v) is 2.61. The summed E-state index contributed by atoms with van der Waals surface area (Å²) in [7, 11) is 0. The van der Waals surface area contributed by atoms with Crippen LogP contribution in [0.15, 0.2) is 30.3 Å². The molecule has 3 heteroatoms. The molecule has 0 radical (unpaired) electrons. The van der Waals surface area contributed by atoms with Gasteiger partial charge >= 0.3 is 0 Å². The molecule has 21 heavy (non-hydrogen) atoms. The van der Waals surface area contributed by atoms with Gasteiger partial charge in [-0.3, -0.25) is 4.79 Å². The zero-order chi connectivity index (χ0) is 15.7. The van der Waals surface area contributed by atoms with Gasteiger partial charge in [0, 0.05) is 18.7 Å². The Balaban J connectivity index is 2.75. The second kappa shape index (κ2) is 9.56. The molecule has 118 valence electrons. The van der Waals surface area contributed by atoms with E-state index < -0.39 is 0 Å². The maximum atomic E-state index is 12.7. The number of hydrogen-bond donors (Lipinski definition) is 1. The Labute approximate surface area is 129 Å². The van der Waals surface area contributed by atoms with E-state index in [1.165, 1.54) is 0 Å². The van der Waals surface area contributed by atoms with E-state index in [1.807, 2.05) is 35.2 Å². The highest BCUT2D eigenvalue weighted by atomic mass is 16.2. The fraction of sp³-hybridized carbons (Fsp3) is 0.611.